The number of benzene rings is 2. The molecule has 1 N–H and O–H groups in total. The van der Waals surface area contributed by atoms with Gasteiger partial charge in [0.2, 0.25) is 6.79 Å². The molecule has 0 unspecified atom stereocenters. The second-order valence-electron chi connectivity index (χ2n) is 4.45. The summed E-state index contributed by atoms with van der Waals surface area (Å²) in [4.78, 5) is 10.2. The Bertz CT molecular complexity index is 688. The summed E-state index contributed by atoms with van der Waals surface area (Å²) < 4.78 is 11.6. The normalized spacial score (nSPS) is 12.2. The molecular weight excluding hydrogens is 340 g/mol. The largest absolute Gasteiger partial charge is 0.454 e. The Hall–Kier alpha value is -2.28. The number of fused-ring (bicyclic) bond motifs is 1. The lowest BCUT2D eigenvalue weighted by molar-refractivity contribution is -0.384. The molecule has 0 aliphatic carbocycles. The lowest BCUT2D eigenvalue weighted by atomic mass is 10.2. The Balaban J connectivity index is 1.71. The number of rotatable bonds is 4. The molecule has 3 rings (SSSR count). The van der Waals surface area contributed by atoms with E-state index in [0.717, 1.165) is 27.2 Å². The van der Waals surface area contributed by atoms with E-state index in [4.69, 9.17) is 9.47 Å². The minimum absolute atomic E-state index is 0.0739. The summed E-state index contributed by atoms with van der Waals surface area (Å²) in [6.07, 6.45) is 0. The Labute approximate surface area is 129 Å². The van der Waals surface area contributed by atoms with Crippen LogP contribution in [0.4, 0.5) is 11.4 Å². The minimum atomic E-state index is -0.418. The van der Waals surface area contributed by atoms with Crippen LogP contribution in [0.3, 0.4) is 0 Å². The summed E-state index contributed by atoms with van der Waals surface area (Å²) in [7, 11) is 0. The van der Waals surface area contributed by atoms with E-state index in [2.05, 4.69) is 21.2 Å². The molecule has 0 bridgehead atoms. The molecule has 0 amide bonds. The standard InChI is InChI=1S/C14H11BrN2O4/c15-12-6-14-13(20-8-21-14)5-9(12)7-16-10-1-3-11(4-2-10)17(18)19/h1-6,16H,7-8H2. The average molecular weight is 351 g/mol. The molecule has 1 aliphatic rings. The average Bonchev–Trinajstić information content (AvgIpc) is 2.92. The van der Waals surface area contributed by atoms with Crippen LogP contribution in [-0.4, -0.2) is 11.7 Å². The minimum Gasteiger partial charge on any atom is -0.454 e. The van der Waals surface area contributed by atoms with Crippen LogP contribution in [0.25, 0.3) is 0 Å². The quantitative estimate of drug-likeness (QED) is 0.672. The molecule has 2 aromatic carbocycles. The van der Waals surface area contributed by atoms with Gasteiger partial charge in [-0.2, -0.15) is 0 Å². The molecule has 0 fully saturated rings. The number of non-ortho nitro benzene ring substituents is 1. The molecule has 21 heavy (non-hydrogen) atoms. The van der Waals surface area contributed by atoms with Gasteiger partial charge in [0.05, 0.1) is 4.92 Å². The zero-order chi connectivity index (χ0) is 14.8. The van der Waals surface area contributed by atoms with Crippen LogP contribution in [-0.2, 0) is 6.54 Å². The van der Waals surface area contributed by atoms with Crippen molar-refractivity contribution in [2.45, 2.75) is 6.54 Å². The Kier molecular flexibility index (Phi) is 3.66. The van der Waals surface area contributed by atoms with Crippen molar-refractivity contribution in [1.29, 1.82) is 0 Å². The van der Waals surface area contributed by atoms with Crippen molar-refractivity contribution in [2.75, 3.05) is 12.1 Å². The van der Waals surface area contributed by atoms with Gasteiger partial charge in [-0.15, -0.1) is 0 Å². The van der Waals surface area contributed by atoms with Crippen LogP contribution in [0.15, 0.2) is 40.9 Å². The van der Waals surface area contributed by atoms with Crippen LogP contribution < -0.4 is 14.8 Å². The topological polar surface area (TPSA) is 73.6 Å². The van der Waals surface area contributed by atoms with Gasteiger partial charge in [-0.05, 0) is 29.8 Å². The SMILES string of the molecule is O=[N+]([O-])c1ccc(NCc2cc3c(cc2Br)OCO3)cc1. The molecule has 0 aromatic heterocycles. The fraction of sp³-hybridized carbons (Fsp3) is 0.143. The number of nitrogens with zero attached hydrogens (tertiary/aromatic N) is 1. The van der Waals surface area contributed by atoms with Gasteiger partial charge < -0.3 is 14.8 Å². The monoisotopic (exact) mass is 350 g/mol. The molecule has 0 saturated carbocycles. The zero-order valence-electron chi connectivity index (χ0n) is 10.8. The number of anilines is 1. The van der Waals surface area contributed by atoms with Crippen LogP contribution in [0.2, 0.25) is 0 Å². The Morgan fingerprint density at radius 3 is 2.52 bits per heavy atom. The summed E-state index contributed by atoms with van der Waals surface area (Å²) in [5, 5.41) is 13.8. The van der Waals surface area contributed by atoms with Crippen LogP contribution >= 0.6 is 15.9 Å². The number of halogens is 1. The van der Waals surface area contributed by atoms with Gasteiger partial charge in [0.1, 0.15) is 0 Å². The second-order valence-corrected chi connectivity index (χ2v) is 5.31. The van der Waals surface area contributed by atoms with Crippen molar-refractivity contribution in [3.63, 3.8) is 0 Å². The first-order valence-electron chi connectivity index (χ1n) is 6.20. The highest BCUT2D eigenvalue weighted by Gasteiger charge is 2.16. The smallest absolute Gasteiger partial charge is 0.269 e. The first-order valence-corrected chi connectivity index (χ1v) is 6.99. The van der Waals surface area contributed by atoms with E-state index in [9.17, 15) is 10.1 Å². The molecule has 1 aliphatic heterocycles. The number of hydrogen-bond acceptors (Lipinski definition) is 5. The van der Waals surface area contributed by atoms with Crippen LogP contribution in [0.5, 0.6) is 11.5 Å². The van der Waals surface area contributed by atoms with Gasteiger partial charge in [-0.25, -0.2) is 0 Å². The molecular formula is C14H11BrN2O4. The Morgan fingerprint density at radius 1 is 1.19 bits per heavy atom. The van der Waals surface area contributed by atoms with E-state index in [-0.39, 0.29) is 12.5 Å². The van der Waals surface area contributed by atoms with Crippen LogP contribution in [0.1, 0.15) is 5.56 Å². The zero-order valence-corrected chi connectivity index (χ0v) is 12.4. The summed E-state index contributed by atoms with van der Waals surface area (Å²) >= 11 is 3.49. The molecule has 6 nitrogen and oxygen atoms in total. The first kappa shape index (κ1) is 13.7. The van der Waals surface area contributed by atoms with E-state index >= 15 is 0 Å². The molecule has 2 aromatic rings. The van der Waals surface area contributed by atoms with Gasteiger partial charge in [0, 0.05) is 28.8 Å². The predicted molar refractivity (Wildman–Crippen MR) is 80.7 cm³/mol. The molecule has 0 radical (unpaired) electrons. The van der Waals surface area contributed by atoms with E-state index in [1.54, 1.807) is 12.1 Å². The third-order valence-electron chi connectivity index (χ3n) is 3.10. The fourth-order valence-corrected chi connectivity index (χ4v) is 2.46. The molecule has 0 saturated heterocycles. The van der Waals surface area contributed by atoms with Crippen molar-refractivity contribution in [1.82, 2.24) is 0 Å². The van der Waals surface area contributed by atoms with E-state index in [1.165, 1.54) is 12.1 Å². The fourth-order valence-electron chi connectivity index (χ4n) is 1.99. The van der Waals surface area contributed by atoms with E-state index in [0.29, 0.717) is 6.54 Å². The molecule has 108 valence electrons. The summed E-state index contributed by atoms with van der Waals surface area (Å²) in [5.41, 5.74) is 1.90. The molecule has 7 heteroatoms. The number of nitrogens with one attached hydrogen (secondary N) is 1. The van der Waals surface area contributed by atoms with Gasteiger partial charge in [-0.1, -0.05) is 15.9 Å². The third kappa shape index (κ3) is 2.92. The number of nitro benzene ring substituents is 1. The van der Waals surface area contributed by atoms with Gasteiger partial charge in [0.25, 0.3) is 5.69 Å². The van der Waals surface area contributed by atoms with Gasteiger partial charge in [0.15, 0.2) is 11.5 Å². The highest BCUT2D eigenvalue weighted by molar-refractivity contribution is 9.10. The maximum atomic E-state index is 10.6. The lowest BCUT2D eigenvalue weighted by Gasteiger charge is -2.09. The third-order valence-corrected chi connectivity index (χ3v) is 3.84. The molecule has 0 spiro atoms. The lowest BCUT2D eigenvalue weighted by Crippen LogP contribution is -2.00. The predicted octanol–water partition coefficient (Wildman–Crippen LogP) is 3.70. The van der Waals surface area contributed by atoms with Crippen molar-refractivity contribution >= 4 is 27.3 Å². The summed E-state index contributed by atoms with van der Waals surface area (Å²) in [6, 6.07) is 10.1. The van der Waals surface area contributed by atoms with E-state index in [1.807, 2.05) is 12.1 Å². The number of hydrogen-bond donors (Lipinski definition) is 1. The van der Waals surface area contributed by atoms with Crippen molar-refractivity contribution in [2.24, 2.45) is 0 Å². The maximum absolute atomic E-state index is 10.6. The summed E-state index contributed by atoms with van der Waals surface area (Å²) in [5.74, 6) is 1.44. The highest BCUT2D eigenvalue weighted by atomic mass is 79.9. The first-order chi connectivity index (χ1) is 10.1. The highest BCUT2D eigenvalue weighted by Crippen LogP contribution is 2.37. The van der Waals surface area contributed by atoms with Gasteiger partial charge in [-0.3, -0.25) is 10.1 Å². The maximum Gasteiger partial charge on any atom is 0.269 e. The molecule has 1 heterocycles. The van der Waals surface area contributed by atoms with Crippen molar-refractivity contribution in [3.05, 3.63) is 56.5 Å². The van der Waals surface area contributed by atoms with Gasteiger partial charge >= 0.3 is 0 Å². The second kappa shape index (κ2) is 5.61. The van der Waals surface area contributed by atoms with E-state index < -0.39 is 4.92 Å². The van der Waals surface area contributed by atoms with Crippen molar-refractivity contribution in [3.8, 4) is 11.5 Å². The summed E-state index contributed by atoms with van der Waals surface area (Å²) in [6.45, 7) is 0.802. The van der Waals surface area contributed by atoms with Crippen molar-refractivity contribution < 1.29 is 14.4 Å². The molecule has 0 atom stereocenters. The number of nitro groups is 1. The van der Waals surface area contributed by atoms with Crippen LogP contribution in [0, 0.1) is 10.1 Å². The Morgan fingerprint density at radius 2 is 1.86 bits per heavy atom. The number of ether oxygens (including phenoxy) is 2.